The van der Waals surface area contributed by atoms with Gasteiger partial charge in [-0.3, -0.25) is 9.52 Å². The number of anilines is 2. The molecule has 1 saturated heterocycles. The molecule has 3 rings (SSSR count). The number of carbonyl (C=O) groups is 1. The van der Waals surface area contributed by atoms with E-state index in [1.54, 1.807) is 6.92 Å². The third-order valence-corrected chi connectivity index (χ3v) is 8.23. The quantitative estimate of drug-likeness (QED) is 0.598. The van der Waals surface area contributed by atoms with Crippen molar-refractivity contribution in [2.45, 2.75) is 42.9 Å². The van der Waals surface area contributed by atoms with Gasteiger partial charge >= 0.3 is 0 Å². The molecular formula is C21H27N3O6S2. The molecule has 32 heavy (non-hydrogen) atoms. The maximum Gasteiger partial charge on any atom is 0.261 e. The SMILES string of the molecule is CCOc1ccc(NS(=O)(=O)c2ccc(NC(C)=O)cc2)cc1S(=O)(=O)N1CCCCC1. The molecule has 1 amide bonds. The van der Waals surface area contributed by atoms with Crippen molar-refractivity contribution >= 4 is 37.3 Å². The van der Waals surface area contributed by atoms with E-state index in [1.165, 1.54) is 53.7 Å². The second kappa shape index (κ2) is 9.88. The molecule has 11 heteroatoms. The highest BCUT2D eigenvalue weighted by molar-refractivity contribution is 7.92. The van der Waals surface area contributed by atoms with Crippen molar-refractivity contribution in [3.05, 3.63) is 42.5 Å². The molecule has 0 radical (unpaired) electrons. The van der Waals surface area contributed by atoms with Crippen molar-refractivity contribution in [2.24, 2.45) is 0 Å². The van der Waals surface area contributed by atoms with Gasteiger partial charge in [-0.1, -0.05) is 6.42 Å². The lowest BCUT2D eigenvalue weighted by Crippen LogP contribution is -2.35. The van der Waals surface area contributed by atoms with Crippen LogP contribution < -0.4 is 14.8 Å². The van der Waals surface area contributed by atoms with Crippen LogP contribution in [-0.4, -0.2) is 46.7 Å². The number of rotatable bonds is 8. The van der Waals surface area contributed by atoms with Crippen LogP contribution in [-0.2, 0) is 24.8 Å². The Bertz CT molecular complexity index is 1170. The number of benzene rings is 2. The lowest BCUT2D eigenvalue weighted by Gasteiger charge is -2.27. The largest absolute Gasteiger partial charge is 0.492 e. The lowest BCUT2D eigenvalue weighted by atomic mass is 10.2. The first kappa shape index (κ1) is 24.0. The Morgan fingerprint density at radius 1 is 0.969 bits per heavy atom. The summed E-state index contributed by atoms with van der Waals surface area (Å²) in [6.45, 7) is 4.22. The van der Waals surface area contributed by atoms with E-state index in [9.17, 15) is 21.6 Å². The fraction of sp³-hybridized carbons (Fsp3) is 0.381. The zero-order chi connectivity index (χ0) is 23.4. The molecular weight excluding hydrogens is 454 g/mol. The molecule has 0 bridgehead atoms. The third-order valence-electron chi connectivity index (χ3n) is 4.91. The van der Waals surface area contributed by atoms with E-state index in [2.05, 4.69) is 10.0 Å². The summed E-state index contributed by atoms with van der Waals surface area (Å²) in [4.78, 5) is 11.0. The van der Waals surface area contributed by atoms with Gasteiger partial charge in [-0.05, 0) is 62.2 Å². The summed E-state index contributed by atoms with van der Waals surface area (Å²) >= 11 is 0. The third kappa shape index (κ3) is 5.59. The second-order valence-electron chi connectivity index (χ2n) is 7.37. The number of ether oxygens (including phenoxy) is 1. The summed E-state index contributed by atoms with van der Waals surface area (Å²) in [5, 5.41) is 2.57. The molecule has 1 aliphatic heterocycles. The van der Waals surface area contributed by atoms with Crippen molar-refractivity contribution < 1.29 is 26.4 Å². The number of sulfonamides is 2. The predicted octanol–water partition coefficient (Wildman–Crippen LogP) is 3.02. The van der Waals surface area contributed by atoms with Gasteiger partial charge < -0.3 is 10.1 Å². The monoisotopic (exact) mass is 481 g/mol. The van der Waals surface area contributed by atoms with Crippen LogP contribution in [0.3, 0.4) is 0 Å². The first-order valence-corrected chi connectivity index (χ1v) is 13.2. The van der Waals surface area contributed by atoms with Crippen LogP contribution in [0.25, 0.3) is 0 Å². The maximum absolute atomic E-state index is 13.2. The standard InChI is InChI=1S/C21H27N3O6S2/c1-3-30-20-12-9-18(15-21(20)32(28,29)24-13-5-4-6-14-24)23-31(26,27)19-10-7-17(8-11-19)22-16(2)25/h7-12,15,23H,3-6,13-14H2,1-2H3,(H,22,25). The molecule has 174 valence electrons. The Morgan fingerprint density at radius 2 is 1.59 bits per heavy atom. The zero-order valence-electron chi connectivity index (χ0n) is 18.0. The van der Waals surface area contributed by atoms with E-state index in [0.29, 0.717) is 18.8 Å². The highest BCUT2D eigenvalue weighted by atomic mass is 32.2. The van der Waals surface area contributed by atoms with Crippen LogP contribution >= 0.6 is 0 Å². The molecule has 1 heterocycles. The van der Waals surface area contributed by atoms with E-state index in [4.69, 9.17) is 4.74 Å². The molecule has 0 atom stereocenters. The highest BCUT2D eigenvalue weighted by Gasteiger charge is 2.29. The molecule has 2 N–H and O–H groups in total. The predicted molar refractivity (Wildman–Crippen MR) is 122 cm³/mol. The number of hydrogen-bond acceptors (Lipinski definition) is 6. The normalized spacial score (nSPS) is 15.2. The molecule has 2 aromatic carbocycles. The van der Waals surface area contributed by atoms with Crippen molar-refractivity contribution in [3.63, 3.8) is 0 Å². The summed E-state index contributed by atoms with van der Waals surface area (Å²) < 4.78 is 61.4. The van der Waals surface area contributed by atoms with E-state index in [1.807, 2.05) is 0 Å². The Morgan fingerprint density at radius 3 is 2.19 bits per heavy atom. The fourth-order valence-electron chi connectivity index (χ4n) is 3.43. The number of carbonyl (C=O) groups excluding carboxylic acids is 1. The number of amides is 1. The van der Waals surface area contributed by atoms with Crippen molar-refractivity contribution in [3.8, 4) is 5.75 Å². The van der Waals surface area contributed by atoms with Gasteiger partial charge in [0.05, 0.1) is 17.2 Å². The molecule has 1 aliphatic rings. The van der Waals surface area contributed by atoms with Crippen LogP contribution in [0.4, 0.5) is 11.4 Å². The van der Waals surface area contributed by atoms with Gasteiger partial charge in [0.25, 0.3) is 10.0 Å². The molecule has 0 spiro atoms. The van der Waals surface area contributed by atoms with E-state index >= 15 is 0 Å². The molecule has 0 aliphatic carbocycles. The Kier molecular flexibility index (Phi) is 7.42. The summed E-state index contributed by atoms with van der Waals surface area (Å²) in [5.41, 5.74) is 0.572. The number of nitrogens with one attached hydrogen (secondary N) is 2. The van der Waals surface area contributed by atoms with Gasteiger partial charge in [-0.2, -0.15) is 4.31 Å². The Balaban J connectivity index is 1.91. The number of hydrogen-bond donors (Lipinski definition) is 2. The van der Waals surface area contributed by atoms with Gasteiger partial charge in [-0.15, -0.1) is 0 Å². The highest BCUT2D eigenvalue weighted by Crippen LogP contribution is 2.32. The molecule has 2 aromatic rings. The van der Waals surface area contributed by atoms with Gasteiger partial charge in [0.15, 0.2) is 0 Å². The van der Waals surface area contributed by atoms with E-state index < -0.39 is 20.0 Å². The zero-order valence-corrected chi connectivity index (χ0v) is 19.6. The van der Waals surface area contributed by atoms with E-state index in [-0.39, 0.29) is 33.7 Å². The molecule has 0 unspecified atom stereocenters. The second-order valence-corrected chi connectivity index (χ2v) is 11.0. The molecule has 1 fully saturated rings. The summed E-state index contributed by atoms with van der Waals surface area (Å²) in [7, 11) is -7.82. The average molecular weight is 482 g/mol. The van der Waals surface area contributed by atoms with Crippen LogP contribution in [0.2, 0.25) is 0 Å². The van der Waals surface area contributed by atoms with Crippen molar-refractivity contribution in [1.29, 1.82) is 0 Å². The van der Waals surface area contributed by atoms with Crippen LogP contribution in [0.5, 0.6) is 5.75 Å². The maximum atomic E-state index is 13.2. The van der Waals surface area contributed by atoms with Gasteiger partial charge in [0.2, 0.25) is 15.9 Å². The van der Waals surface area contributed by atoms with Gasteiger partial charge in [0.1, 0.15) is 10.6 Å². The summed E-state index contributed by atoms with van der Waals surface area (Å²) in [6, 6.07) is 9.86. The first-order chi connectivity index (χ1) is 15.1. The van der Waals surface area contributed by atoms with Crippen LogP contribution in [0.15, 0.2) is 52.3 Å². The minimum Gasteiger partial charge on any atom is -0.492 e. The molecule has 9 nitrogen and oxygen atoms in total. The van der Waals surface area contributed by atoms with Crippen molar-refractivity contribution in [2.75, 3.05) is 29.7 Å². The summed E-state index contributed by atoms with van der Waals surface area (Å²) in [5.74, 6) is -0.0868. The minimum absolute atomic E-state index is 0.0269. The van der Waals surface area contributed by atoms with E-state index in [0.717, 1.165) is 19.3 Å². The van der Waals surface area contributed by atoms with Crippen molar-refractivity contribution in [1.82, 2.24) is 4.31 Å². The Labute approximate surface area is 188 Å². The average Bonchev–Trinajstić information content (AvgIpc) is 2.75. The fourth-order valence-corrected chi connectivity index (χ4v) is 6.15. The minimum atomic E-state index is -3.98. The Hall–Kier alpha value is -2.63. The number of nitrogens with zero attached hydrogens (tertiary/aromatic N) is 1. The lowest BCUT2D eigenvalue weighted by molar-refractivity contribution is -0.114. The number of piperidine rings is 1. The smallest absolute Gasteiger partial charge is 0.261 e. The summed E-state index contributed by atoms with van der Waals surface area (Å²) in [6.07, 6.45) is 2.54. The topological polar surface area (TPSA) is 122 Å². The molecule has 0 saturated carbocycles. The first-order valence-electron chi connectivity index (χ1n) is 10.3. The van der Waals surface area contributed by atoms with Crippen LogP contribution in [0, 0.1) is 0 Å². The molecule has 0 aromatic heterocycles. The van der Waals surface area contributed by atoms with Gasteiger partial charge in [-0.25, -0.2) is 16.8 Å². The van der Waals surface area contributed by atoms with Gasteiger partial charge in [0, 0.05) is 25.7 Å². The van der Waals surface area contributed by atoms with Crippen LogP contribution in [0.1, 0.15) is 33.1 Å².